The van der Waals surface area contributed by atoms with Gasteiger partial charge in [0.15, 0.2) is 6.61 Å². The largest absolute Gasteiger partial charge is 0.484 e. The Bertz CT molecular complexity index is 820. The van der Waals surface area contributed by atoms with Crippen molar-refractivity contribution in [3.63, 3.8) is 0 Å². The van der Waals surface area contributed by atoms with Crippen molar-refractivity contribution in [1.82, 2.24) is 9.80 Å². The Labute approximate surface area is 177 Å². The third-order valence-electron chi connectivity index (χ3n) is 5.31. The van der Waals surface area contributed by atoms with Gasteiger partial charge in [0.25, 0.3) is 5.91 Å². The summed E-state index contributed by atoms with van der Waals surface area (Å²) in [5.74, 6) is 0.726. The minimum atomic E-state index is -0.0588. The summed E-state index contributed by atoms with van der Waals surface area (Å²) in [4.78, 5) is 29.0. The van der Waals surface area contributed by atoms with Gasteiger partial charge >= 0.3 is 0 Å². The van der Waals surface area contributed by atoms with Crippen LogP contribution < -0.4 is 4.74 Å². The number of hydrogen-bond acceptors (Lipinski definition) is 3. The fraction of sp³-hybridized carbons (Fsp3) is 0.391. The number of hydrogen-bond donors (Lipinski definition) is 0. The lowest BCUT2D eigenvalue weighted by Gasteiger charge is -2.34. The van der Waals surface area contributed by atoms with Crippen molar-refractivity contribution in [3.8, 4) is 5.75 Å². The minimum Gasteiger partial charge on any atom is -0.484 e. The molecule has 0 aromatic heterocycles. The zero-order chi connectivity index (χ0) is 20.6. The van der Waals surface area contributed by atoms with Gasteiger partial charge in [-0.25, -0.2) is 0 Å². The van der Waals surface area contributed by atoms with Crippen LogP contribution in [0, 0.1) is 5.92 Å². The smallest absolute Gasteiger partial charge is 0.260 e. The van der Waals surface area contributed by atoms with Crippen LogP contribution in [0.2, 0.25) is 5.02 Å². The molecule has 0 atom stereocenters. The fourth-order valence-corrected chi connectivity index (χ4v) is 3.76. The Kier molecular flexibility index (Phi) is 7.53. The third kappa shape index (κ3) is 5.73. The minimum absolute atomic E-state index is 0.0240. The van der Waals surface area contributed by atoms with E-state index in [0.717, 1.165) is 5.56 Å². The maximum absolute atomic E-state index is 13.0. The zero-order valence-corrected chi connectivity index (χ0v) is 17.5. The summed E-state index contributed by atoms with van der Waals surface area (Å²) >= 11 is 6.25. The van der Waals surface area contributed by atoms with Crippen LogP contribution in [0.3, 0.4) is 0 Å². The number of piperidine rings is 1. The lowest BCUT2D eigenvalue weighted by Crippen LogP contribution is -2.45. The molecule has 1 aliphatic heterocycles. The van der Waals surface area contributed by atoms with Crippen LogP contribution in [0.15, 0.2) is 54.6 Å². The Balaban J connectivity index is 1.49. The van der Waals surface area contributed by atoms with Crippen LogP contribution in [-0.2, 0) is 16.1 Å². The molecular formula is C23H27ClN2O3. The zero-order valence-electron chi connectivity index (χ0n) is 16.7. The van der Waals surface area contributed by atoms with Crippen LogP contribution in [0.25, 0.3) is 0 Å². The van der Waals surface area contributed by atoms with Crippen LogP contribution >= 0.6 is 11.6 Å². The van der Waals surface area contributed by atoms with E-state index < -0.39 is 0 Å². The van der Waals surface area contributed by atoms with E-state index in [0.29, 0.717) is 49.8 Å². The number of likely N-dealkylation sites (tertiary alicyclic amines) is 1. The Morgan fingerprint density at radius 2 is 1.72 bits per heavy atom. The quantitative estimate of drug-likeness (QED) is 0.687. The molecule has 1 fully saturated rings. The molecule has 0 unspecified atom stereocenters. The Morgan fingerprint density at radius 1 is 1.07 bits per heavy atom. The van der Waals surface area contributed by atoms with Crippen molar-refractivity contribution in [2.75, 3.05) is 26.2 Å². The molecule has 2 aromatic rings. The number of rotatable bonds is 7. The molecule has 0 aliphatic carbocycles. The first-order valence-electron chi connectivity index (χ1n) is 10.1. The molecule has 0 radical (unpaired) electrons. The molecule has 5 nitrogen and oxygen atoms in total. The highest BCUT2D eigenvalue weighted by atomic mass is 35.5. The molecule has 0 spiro atoms. The molecule has 1 aliphatic rings. The lowest BCUT2D eigenvalue weighted by atomic mass is 9.95. The van der Waals surface area contributed by atoms with E-state index >= 15 is 0 Å². The lowest BCUT2D eigenvalue weighted by molar-refractivity contribution is -0.141. The Hall–Kier alpha value is -2.53. The first-order valence-corrected chi connectivity index (χ1v) is 10.4. The molecule has 2 aromatic carbocycles. The average molecular weight is 415 g/mol. The van der Waals surface area contributed by atoms with E-state index in [1.54, 1.807) is 4.90 Å². The van der Waals surface area contributed by atoms with Gasteiger partial charge in [0.2, 0.25) is 5.91 Å². The van der Waals surface area contributed by atoms with Crippen molar-refractivity contribution in [1.29, 1.82) is 0 Å². The van der Waals surface area contributed by atoms with E-state index in [4.69, 9.17) is 16.3 Å². The maximum atomic E-state index is 13.0. The van der Waals surface area contributed by atoms with Crippen LogP contribution in [0.4, 0.5) is 0 Å². The second-order valence-corrected chi connectivity index (χ2v) is 7.61. The maximum Gasteiger partial charge on any atom is 0.260 e. The Morgan fingerprint density at radius 3 is 2.38 bits per heavy atom. The topological polar surface area (TPSA) is 49.9 Å². The molecule has 2 amide bonds. The number of ether oxygens (including phenoxy) is 1. The van der Waals surface area contributed by atoms with Gasteiger partial charge in [0.1, 0.15) is 5.75 Å². The van der Waals surface area contributed by atoms with Crippen LogP contribution in [0.5, 0.6) is 5.75 Å². The average Bonchev–Trinajstić information content (AvgIpc) is 2.77. The van der Waals surface area contributed by atoms with Crippen LogP contribution in [0.1, 0.15) is 25.3 Å². The van der Waals surface area contributed by atoms with Gasteiger partial charge in [-0.3, -0.25) is 9.59 Å². The van der Waals surface area contributed by atoms with E-state index in [1.807, 2.05) is 66.4 Å². The number of carbonyl (C=O) groups excluding carboxylic acids is 2. The highest BCUT2D eigenvalue weighted by Crippen LogP contribution is 2.23. The number of amides is 2. The van der Waals surface area contributed by atoms with Crippen molar-refractivity contribution in [3.05, 3.63) is 65.2 Å². The van der Waals surface area contributed by atoms with Gasteiger partial charge in [-0.1, -0.05) is 48.0 Å². The van der Waals surface area contributed by atoms with E-state index in [-0.39, 0.29) is 24.3 Å². The SMILES string of the molecule is CCN(Cc1ccccc1Cl)C(=O)C1CCN(C(=O)COc2ccccc2)CC1. The van der Waals surface area contributed by atoms with Crippen molar-refractivity contribution < 1.29 is 14.3 Å². The van der Waals surface area contributed by atoms with E-state index in [9.17, 15) is 9.59 Å². The molecule has 1 saturated heterocycles. The molecule has 3 rings (SSSR count). The predicted molar refractivity (Wildman–Crippen MR) is 114 cm³/mol. The van der Waals surface area contributed by atoms with E-state index in [2.05, 4.69) is 0 Å². The van der Waals surface area contributed by atoms with Gasteiger partial charge in [-0.05, 0) is 43.5 Å². The third-order valence-corrected chi connectivity index (χ3v) is 5.68. The van der Waals surface area contributed by atoms with Gasteiger partial charge in [0.05, 0.1) is 0 Å². The highest BCUT2D eigenvalue weighted by molar-refractivity contribution is 6.31. The van der Waals surface area contributed by atoms with Gasteiger partial charge in [-0.2, -0.15) is 0 Å². The van der Waals surface area contributed by atoms with Crippen molar-refractivity contribution >= 4 is 23.4 Å². The van der Waals surface area contributed by atoms with Crippen molar-refractivity contribution in [2.24, 2.45) is 5.92 Å². The standard InChI is InChI=1S/C23H27ClN2O3/c1-2-25(16-19-8-6-7-11-21(19)24)23(28)18-12-14-26(15-13-18)22(27)17-29-20-9-4-3-5-10-20/h3-11,18H,2,12-17H2,1H3. The molecule has 29 heavy (non-hydrogen) atoms. The first-order chi connectivity index (χ1) is 14.1. The number of nitrogens with zero attached hydrogens (tertiary/aromatic N) is 2. The molecule has 0 N–H and O–H groups in total. The second-order valence-electron chi connectivity index (χ2n) is 7.20. The molecule has 0 bridgehead atoms. The number of halogens is 1. The predicted octanol–water partition coefficient (Wildman–Crippen LogP) is 4.01. The van der Waals surface area contributed by atoms with E-state index in [1.165, 1.54) is 0 Å². The molecule has 0 saturated carbocycles. The summed E-state index contributed by atoms with van der Waals surface area (Å²) in [7, 11) is 0. The number of benzene rings is 2. The monoisotopic (exact) mass is 414 g/mol. The van der Waals surface area contributed by atoms with Gasteiger partial charge < -0.3 is 14.5 Å². The summed E-state index contributed by atoms with van der Waals surface area (Å²) in [5, 5.41) is 0.678. The number of carbonyl (C=O) groups is 2. The second kappa shape index (κ2) is 10.3. The van der Waals surface area contributed by atoms with Gasteiger partial charge in [0, 0.05) is 37.1 Å². The summed E-state index contributed by atoms with van der Waals surface area (Å²) in [5.41, 5.74) is 0.954. The van der Waals surface area contributed by atoms with Crippen LogP contribution in [-0.4, -0.2) is 47.9 Å². The molecular weight excluding hydrogens is 388 g/mol. The first kappa shape index (κ1) is 21.2. The normalized spacial score (nSPS) is 14.5. The summed E-state index contributed by atoms with van der Waals surface area (Å²) in [6.07, 6.45) is 1.35. The highest BCUT2D eigenvalue weighted by Gasteiger charge is 2.30. The van der Waals surface area contributed by atoms with Gasteiger partial charge in [-0.15, -0.1) is 0 Å². The number of para-hydroxylation sites is 1. The molecule has 6 heteroatoms. The summed E-state index contributed by atoms with van der Waals surface area (Å²) < 4.78 is 5.55. The molecule has 1 heterocycles. The summed E-state index contributed by atoms with van der Waals surface area (Å²) in [6.45, 7) is 4.31. The van der Waals surface area contributed by atoms with Crippen molar-refractivity contribution in [2.45, 2.75) is 26.3 Å². The fourth-order valence-electron chi connectivity index (χ4n) is 3.56. The summed E-state index contributed by atoms with van der Waals surface area (Å²) in [6, 6.07) is 16.9. The molecule has 154 valence electrons.